The molecule has 0 aliphatic heterocycles. The van der Waals surface area contributed by atoms with Crippen molar-refractivity contribution >= 4 is 38.9 Å². The fourth-order valence-electron chi connectivity index (χ4n) is 1.81. The van der Waals surface area contributed by atoms with Gasteiger partial charge in [0.15, 0.2) is 11.5 Å². The van der Waals surface area contributed by atoms with Gasteiger partial charge in [-0.2, -0.15) is 11.3 Å². The zero-order valence-electron chi connectivity index (χ0n) is 11.2. The van der Waals surface area contributed by atoms with Gasteiger partial charge in [0.1, 0.15) is 0 Å². The molecule has 0 radical (unpaired) electrons. The molecule has 0 saturated heterocycles. The van der Waals surface area contributed by atoms with Crippen molar-refractivity contribution in [3.8, 4) is 11.5 Å². The molecule has 0 atom stereocenters. The lowest BCUT2D eigenvalue weighted by Crippen LogP contribution is -2.04. The van der Waals surface area contributed by atoms with Crippen LogP contribution in [-0.4, -0.2) is 13.2 Å². The molecule has 2 rings (SSSR count). The molecule has 2 aromatic rings. The van der Waals surface area contributed by atoms with E-state index in [1.54, 1.807) is 11.3 Å². The Labute approximate surface area is 136 Å². The van der Waals surface area contributed by atoms with Crippen LogP contribution in [0.3, 0.4) is 0 Å². The zero-order chi connectivity index (χ0) is 14.4. The molecule has 108 valence electrons. The highest BCUT2D eigenvalue weighted by Crippen LogP contribution is 2.37. The molecule has 0 spiro atoms. The summed E-state index contributed by atoms with van der Waals surface area (Å²) < 4.78 is 12.4. The quantitative estimate of drug-likeness (QED) is 0.614. The second-order valence-corrected chi connectivity index (χ2v) is 6.10. The molecule has 0 fully saturated rings. The summed E-state index contributed by atoms with van der Waals surface area (Å²) >= 11 is 11.1. The monoisotopic (exact) mass is 374 g/mol. The molecule has 1 aromatic heterocycles. The summed E-state index contributed by atoms with van der Waals surface area (Å²) in [7, 11) is 0. The first kappa shape index (κ1) is 15.7. The minimum atomic E-state index is 0.452. The predicted molar refractivity (Wildman–Crippen MR) is 88.4 cm³/mol. The Balaban J connectivity index is 2.08. The van der Waals surface area contributed by atoms with E-state index in [0.29, 0.717) is 19.1 Å². The summed E-state index contributed by atoms with van der Waals surface area (Å²) in [6.07, 6.45) is 0.888. The molecule has 20 heavy (non-hydrogen) atoms. The van der Waals surface area contributed by atoms with Crippen molar-refractivity contribution < 1.29 is 9.47 Å². The van der Waals surface area contributed by atoms with Crippen molar-refractivity contribution in [2.75, 3.05) is 13.2 Å². The van der Waals surface area contributed by atoms with E-state index in [1.807, 2.05) is 19.1 Å². The van der Waals surface area contributed by atoms with Gasteiger partial charge in [-0.15, -0.1) is 11.6 Å². The van der Waals surface area contributed by atoms with Gasteiger partial charge in [0.25, 0.3) is 0 Å². The number of hydrogen-bond acceptors (Lipinski definition) is 3. The van der Waals surface area contributed by atoms with Crippen LogP contribution >= 0.6 is 38.9 Å². The lowest BCUT2D eigenvalue weighted by atomic mass is 10.2. The first-order valence-corrected chi connectivity index (χ1v) is 8.66. The second-order valence-electron chi connectivity index (χ2n) is 4.20. The van der Waals surface area contributed by atoms with Crippen LogP contribution in [0.1, 0.15) is 18.1 Å². The highest BCUT2D eigenvalue weighted by molar-refractivity contribution is 9.10. The number of alkyl halides is 1. The number of benzene rings is 1. The zero-order valence-corrected chi connectivity index (χ0v) is 14.4. The maximum absolute atomic E-state index is 5.88. The van der Waals surface area contributed by atoms with Gasteiger partial charge in [0.05, 0.1) is 17.7 Å². The van der Waals surface area contributed by atoms with Gasteiger partial charge in [0.2, 0.25) is 0 Å². The van der Waals surface area contributed by atoms with Crippen molar-refractivity contribution in [2.24, 2.45) is 0 Å². The lowest BCUT2D eigenvalue weighted by molar-refractivity contribution is 0.277. The number of thiophene rings is 1. The third kappa shape index (κ3) is 4.14. The van der Waals surface area contributed by atoms with E-state index in [4.69, 9.17) is 21.1 Å². The average Bonchev–Trinajstić information content (AvgIpc) is 2.95. The average molecular weight is 376 g/mol. The van der Waals surface area contributed by atoms with Crippen molar-refractivity contribution in [3.63, 3.8) is 0 Å². The van der Waals surface area contributed by atoms with Crippen LogP contribution in [-0.2, 0) is 12.3 Å². The number of hydrogen-bond donors (Lipinski definition) is 0. The van der Waals surface area contributed by atoms with E-state index in [-0.39, 0.29) is 0 Å². The molecule has 0 saturated carbocycles. The summed E-state index contributed by atoms with van der Waals surface area (Å²) in [5.41, 5.74) is 2.30. The summed E-state index contributed by atoms with van der Waals surface area (Å²) in [5.74, 6) is 1.94. The first-order chi connectivity index (χ1) is 9.74. The summed E-state index contributed by atoms with van der Waals surface area (Å²) in [4.78, 5) is 0. The maximum Gasteiger partial charge on any atom is 0.175 e. The normalized spacial score (nSPS) is 10.6. The summed E-state index contributed by atoms with van der Waals surface area (Å²) in [5, 5.41) is 4.21. The van der Waals surface area contributed by atoms with Gasteiger partial charge in [-0.3, -0.25) is 0 Å². The molecule has 0 bridgehead atoms. The summed E-state index contributed by atoms with van der Waals surface area (Å²) in [6, 6.07) is 6.01. The Hall–Kier alpha value is -0.710. The topological polar surface area (TPSA) is 18.5 Å². The van der Waals surface area contributed by atoms with E-state index < -0.39 is 0 Å². The van der Waals surface area contributed by atoms with Crippen LogP contribution in [0.5, 0.6) is 11.5 Å². The minimum Gasteiger partial charge on any atom is -0.490 e. The van der Waals surface area contributed by atoms with Crippen LogP contribution in [0.25, 0.3) is 0 Å². The Bertz CT molecular complexity index is 543. The van der Waals surface area contributed by atoms with Crippen molar-refractivity contribution in [1.29, 1.82) is 0 Å². The molecule has 0 aliphatic carbocycles. The molecule has 1 heterocycles. The molecule has 0 amide bonds. The van der Waals surface area contributed by atoms with Gasteiger partial charge >= 0.3 is 0 Å². The number of halogens is 2. The molecule has 0 aliphatic rings. The van der Waals surface area contributed by atoms with E-state index in [9.17, 15) is 0 Å². The van der Waals surface area contributed by atoms with Crippen LogP contribution in [0, 0.1) is 0 Å². The van der Waals surface area contributed by atoms with Gasteiger partial charge in [-0.25, -0.2) is 0 Å². The third-order valence-corrected chi connectivity index (χ3v) is 4.37. The second kappa shape index (κ2) is 7.91. The fourth-order valence-corrected chi connectivity index (χ4v) is 3.27. The standard InChI is InChI=1S/C15H16BrClO2S/c1-2-18-14-8-12(9-17)7-13(16)15(14)19-5-3-11-4-6-20-10-11/h4,6-8,10H,2-3,5,9H2,1H3. The predicted octanol–water partition coefficient (Wildman–Crippen LogP) is 5.27. The van der Waals surface area contributed by atoms with E-state index in [1.165, 1.54) is 5.56 Å². The number of ether oxygens (including phenoxy) is 2. The highest BCUT2D eigenvalue weighted by Gasteiger charge is 2.12. The van der Waals surface area contributed by atoms with Crippen LogP contribution in [0.15, 0.2) is 33.4 Å². The fraction of sp³-hybridized carbons (Fsp3) is 0.333. The third-order valence-electron chi connectivity index (χ3n) is 2.74. The lowest BCUT2D eigenvalue weighted by Gasteiger charge is -2.14. The molecule has 0 unspecified atom stereocenters. The molecule has 2 nitrogen and oxygen atoms in total. The van der Waals surface area contributed by atoms with Crippen LogP contribution in [0.2, 0.25) is 0 Å². The Morgan fingerprint density at radius 1 is 1.25 bits per heavy atom. The van der Waals surface area contributed by atoms with Crippen molar-refractivity contribution in [3.05, 3.63) is 44.6 Å². The highest BCUT2D eigenvalue weighted by atomic mass is 79.9. The van der Waals surface area contributed by atoms with Crippen LogP contribution in [0.4, 0.5) is 0 Å². The molecule has 0 N–H and O–H groups in total. The van der Waals surface area contributed by atoms with Crippen molar-refractivity contribution in [2.45, 2.75) is 19.2 Å². The molecule has 5 heteroatoms. The van der Waals surface area contributed by atoms with Gasteiger partial charge in [0, 0.05) is 12.3 Å². The van der Waals surface area contributed by atoms with Crippen LogP contribution < -0.4 is 9.47 Å². The smallest absolute Gasteiger partial charge is 0.175 e. The van der Waals surface area contributed by atoms with Gasteiger partial charge in [-0.1, -0.05) is 0 Å². The van der Waals surface area contributed by atoms with Gasteiger partial charge < -0.3 is 9.47 Å². The summed E-state index contributed by atoms with van der Waals surface area (Å²) in [6.45, 7) is 3.17. The van der Waals surface area contributed by atoms with E-state index >= 15 is 0 Å². The Morgan fingerprint density at radius 3 is 2.75 bits per heavy atom. The Morgan fingerprint density at radius 2 is 2.10 bits per heavy atom. The molecular weight excluding hydrogens is 360 g/mol. The molecular formula is C15H16BrClO2S. The first-order valence-electron chi connectivity index (χ1n) is 6.39. The van der Waals surface area contributed by atoms with Crippen molar-refractivity contribution in [1.82, 2.24) is 0 Å². The minimum absolute atomic E-state index is 0.452. The molecule has 1 aromatic carbocycles. The Kier molecular flexibility index (Phi) is 6.20. The van der Waals surface area contributed by atoms with Gasteiger partial charge in [-0.05, 0) is 62.9 Å². The maximum atomic E-state index is 5.88. The SMILES string of the molecule is CCOc1cc(CCl)cc(Br)c1OCCc1ccsc1. The largest absolute Gasteiger partial charge is 0.490 e. The van der Waals surface area contributed by atoms with E-state index in [0.717, 1.165) is 28.0 Å². The number of rotatable bonds is 7. The van der Waals surface area contributed by atoms with E-state index in [2.05, 4.69) is 32.8 Å².